The van der Waals surface area contributed by atoms with Gasteiger partial charge in [0.2, 0.25) is 0 Å². The molecule has 0 aliphatic carbocycles. The van der Waals surface area contributed by atoms with E-state index in [-0.39, 0.29) is 10.6 Å². The number of hydrogen-bond acceptors (Lipinski definition) is 4. The number of anilines is 2. The first kappa shape index (κ1) is 19.5. The van der Waals surface area contributed by atoms with E-state index in [2.05, 4.69) is 10.2 Å². The molecule has 2 aromatic rings. The summed E-state index contributed by atoms with van der Waals surface area (Å²) in [5.41, 5.74) is 1.93. The molecule has 3 rings (SSSR count). The van der Waals surface area contributed by atoms with Crippen molar-refractivity contribution in [2.75, 3.05) is 29.9 Å². The second-order valence-electron chi connectivity index (χ2n) is 6.34. The molecule has 1 aliphatic heterocycles. The normalized spacial score (nSPS) is 13.9. The Labute approximate surface area is 168 Å². The van der Waals surface area contributed by atoms with Crippen molar-refractivity contribution in [1.29, 1.82) is 0 Å². The molecule has 1 saturated heterocycles. The number of hydrogen-bond donors (Lipinski definition) is 1. The van der Waals surface area contributed by atoms with E-state index in [4.69, 9.17) is 27.9 Å². The Morgan fingerprint density at radius 3 is 2.41 bits per heavy atom. The van der Waals surface area contributed by atoms with E-state index in [1.165, 1.54) is 31.4 Å². The third-order valence-corrected chi connectivity index (χ3v) is 4.92. The van der Waals surface area contributed by atoms with Gasteiger partial charge in [-0.25, -0.2) is 4.79 Å². The van der Waals surface area contributed by atoms with Crippen molar-refractivity contribution < 1.29 is 14.3 Å². The van der Waals surface area contributed by atoms with Crippen LogP contribution in [0.5, 0.6) is 0 Å². The average Bonchev–Trinajstić information content (AvgIpc) is 2.69. The number of halogens is 2. The lowest BCUT2D eigenvalue weighted by Gasteiger charge is -2.28. The molecule has 1 aliphatic rings. The maximum atomic E-state index is 12.0. The Bertz CT molecular complexity index is 818. The molecule has 1 fully saturated rings. The van der Waals surface area contributed by atoms with Crippen LogP contribution in [-0.4, -0.2) is 31.6 Å². The van der Waals surface area contributed by atoms with E-state index in [1.54, 1.807) is 6.07 Å². The van der Waals surface area contributed by atoms with E-state index in [0.29, 0.717) is 10.7 Å². The highest BCUT2D eigenvalue weighted by atomic mass is 35.5. The van der Waals surface area contributed by atoms with E-state index in [1.807, 2.05) is 24.3 Å². The molecule has 0 bridgehead atoms. The third-order valence-electron chi connectivity index (χ3n) is 4.35. The summed E-state index contributed by atoms with van der Waals surface area (Å²) >= 11 is 11.8. The number of piperidine rings is 1. The molecule has 142 valence electrons. The number of ether oxygens (including phenoxy) is 1. The molecule has 0 spiro atoms. The molecule has 0 unspecified atom stereocenters. The summed E-state index contributed by atoms with van der Waals surface area (Å²) in [6, 6.07) is 12.1. The smallest absolute Gasteiger partial charge is 0.340 e. The Morgan fingerprint density at radius 1 is 1.00 bits per heavy atom. The van der Waals surface area contributed by atoms with Crippen molar-refractivity contribution in [1.82, 2.24) is 0 Å². The standard InChI is InChI=1S/C20H20Cl2N2O3/c21-14-4-9-18(22)17(12-14)20(26)27-13-19(25)23-15-5-7-16(8-6-15)24-10-2-1-3-11-24/h4-9,12H,1-3,10-11,13H2,(H,23,25). The predicted molar refractivity (Wildman–Crippen MR) is 108 cm³/mol. The molecule has 1 N–H and O–H groups in total. The summed E-state index contributed by atoms with van der Waals surface area (Å²) < 4.78 is 5.01. The van der Waals surface area contributed by atoms with Crippen LogP contribution in [0.2, 0.25) is 10.0 Å². The maximum absolute atomic E-state index is 12.0. The molecule has 1 heterocycles. The fraction of sp³-hybridized carbons (Fsp3) is 0.300. The summed E-state index contributed by atoms with van der Waals surface area (Å²) in [5.74, 6) is -1.12. The Morgan fingerprint density at radius 2 is 1.70 bits per heavy atom. The van der Waals surface area contributed by atoms with Gasteiger partial charge >= 0.3 is 5.97 Å². The van der Waals surface area contributed by atoms with Crippen LogP contribution in [0.3, 0.4) is 0 Å². The zero-order valence-electron chi connectivity index (χ0n) is 14.7. The summed E-state index contributed by atoms with van der Waals surface area (Å²) in [5, 5.41) is 3.30. The summed E-state index contributed by atoms with van der Waals surface area (Å²) in [7, 11) is 0. The first-order valence-corrected chi connectivity index (χ1v) is 9.55. The topological polar surface area (TPSA) is 58.6 Å². The average molecular weight is 407 g/mol. The van der Waals surface area contributed by atoms with Gasteiger partial charge in [-0.15, -0.1) is 0 Å². The highest BCUT2D eigenvalue weighted by Crippen LogP contribution is 2.23. The number of esters is 1. The molecule has 2 aromatic carbocycles. The minimum Gasteiger partial charge on any atom is -0.452 e. The molecule has 5 nitrogen and oxygen atoms in total. The van der Waals surface area contributed by atoms with Gasteiger partial charge < -0.3 is 15.0 Å². The minimum atomic E-state index is -0.696. The van der Waals surface area contributed by atoms with Gasteiger partial charge in [0, 0.05) is 29.5 Å². The van der Waals surface area contributed by atoms with Crippen LogP contribution in [0.25, 0.3) is 0 Å². The van der Waals surface area contributed by atoms with Gasteiger partial charge in [0.25, 0.3) is 5.91 Å². The van der Waals surface area contributed by atoms with Crippen molar-refractivity contribution in [3.8, 4) is 0 Å². The van der Waals surface area contributed by atoms with Gasteiger partial charge in [0.05, 0.1) is 10.6 Å². The van der Waals surface area contributed by atoms with Crippen molar-refractivity contribution in [2.45, 2.75) is 19.3 Å². The molecule has 7 heteroatoms. The lowest BCUT2D eigenvalue weighted by atomic mass is 10.1. The molecule has 0 radical (unpaired) electrons. The van der Waals surface area contributed by atoms with Crippen LogP contribution in [0.1, 0.15) is 29.6 Å². The SMILES string of the molecule is O=C(COC(=O)c1cc(Cl)ccc1Cl)Nc1ccc(N2CCCCC2)cc1. The molecule has 0 saturated carbocycles. The molecular formula is C20H20Cl2N2O3. The van der Waals surface area contributed by atoms with E-state index in [0.717, 1.165) is 18.8 Å². The predicted octanol–water partition coefficient (Wildman–Crippen LogP) is 4.78. The minimum absolute atomic E-state index is 0.128. The molecule has 1 amide bonds. The Kier molecular flexibility index (Phi) is 6.58. The molecule has 27 heavy (non-hydrogen) atoms. The lowest BCUT2D eigenvalue weighted by Crippen LogP contribution is -2.29. The highest BCUT2D eigenvalue weighted by molar-refractivity contribution is 6.35. The zero-order chi connectivity index (χ0) is 19.2. The van der Waals surface area contributed by atoms with Gasteiger partial charge in [-0.3, -0.25) is 4.79 Å². The van der Waals surface area contributed by atoms with E-state index >= 15 is 0 Å². The van der Waals surface area contributed by atoms with Crippen molar-refractivity contribution >= 4 is 46.5 Å². The number of nitrogens with one attached hydrogen (secondary N) is 1. The fourth-order valence-corrected chi connectivity index (χ4v) is 3.33. The van der Waals surface area contributed by atoms with Crippen LogP contribution in [-0.2, 0) is 9.53 Å². The quantitative estimate of drug-likeness (QED) is 0.725. The zero-order valence-corrected chi connectivity index (χ0v) is 16.2. The van der Waals surface area contributed by atoms with Crippen LogP contribution in [0.15, 0.2) is 42.5 Å². The largest absolute Gasteiger partial charge is 0.452 e. The van der Waals surface area contributed by atoms with E-state index < -0.39 is 18.5 Å². The number of rotatable bonds is 5. The summed E-state index contributed by atoms with van der Waals surface area (Å²) in [6.07, 6.45) is 3.70. The number of amides is 1. The van der Waals surface area contributed by atoms with Gasteiger partial charge in [-0.2, -0.15) is 0 Å². The van der Waals surface area contributed by atoms with Crippen molar-refractivity contribution in [3.05, 3.63) is 58.1 Å². The van der Waals surface area contributed by atoms with Crippen LogP contribution in [0.4, 0.5) is 11.4 Å². The second-order valence-corrected chi connectivity index (χ2v) is 7.19. The van der Waals surface area contributed by atoms with Crippen LogP contribution < -0.4 is 10.2 Å². The van der Waals surface area contributed by atoms with Crippen LogP contribution in [0, 0.1) is 0 Å². The lowest BCUT2D eigenvalue weighted by molar-refractivity contribution is -0.119. The number of carbonyl (C=O) groups excluding carboxylic acids is 2. The van der Waals surface area contributed by atoms with Crippen LogP contribution >= 0.6 is 23.2 Å². The molecule has 0 aromatic heterocycles. The fourth-order valence-electron chi connectivity index (χ4n) is 2.97. The summed E-state index contributed by atoms with van der Waals surface area (Å²) in [6.45, 7) is 1.72. The Balaban J connectivity index is 1.51. The number of nitrogens with zero attached hydrogens (tertiary/aromatic N) is 1. The maximum Gasteiger partial charge on any atom is 0.340 e. The van der Waals surface area contributed by atoms with Gasteiger partial charge in [0.15, 0.2) is 6.61 Å². The monoisotopic (exact) mass is 406 g/mol. The third kappa shape index (κ3) is 5.37. The van der Waals surface area contributed by atoms with E-state index in [9.17, 15) is 9.59 Å². The first-order valence-electron chi connectivity index (χ1n) is 8.80. The van der Waals surface area contributed by atoms with Gasteiger partial charge in [-0.05, 0) is 61.7 Å². The first-order chi connectivity index (χ1) is 13.0. The highest BCUT2D eigenvalue weighted by Gasteiger charge is 2.15. The van der Waals surface area contributed by atoms with Crippen molar-refractivity contribution in [2.24, 2.45) is 0 Å². The number of benzene rings is 2. The summed E-state index contributed by atoms with van der Waals surface area (Å²) in [4.78, 5) is 26.4. The van der Waals surface area contributed by atoms with Crippen molar-refractivity contribution in [3.63, 3.8) is 0 Å². The molecular weight excluding hydrogens is 387 g/mol. The Hall–Kier alpha value is -2.24. The van der Waals surface area contributed by atoms with Gasteiger partial charge in [0.1, 0.15) is 0 Å². The second kappa shape index (κ2) is 9.11. The number of carbonyl (C=O) groups is 2. The molecule has 0 atom stereocenters. The van der Waals surface area contributed by atoms with Gasteiger partial charge in [-0.1, -0.05) is 23.2 Å².